The molecular weight excluding hydrogens is 328 g/mol. The van der Waals surface area contributed by atoms with Gasteiger partial charge in [-0.25, -0.2) is 0 Å². The van der Waals surface area contributed by atoms with Gasteiger partial charge in [-0.3, -0.25) is 14.4 Å². The molecule has 4 aliphatic carbocycles. The van der Waals surface area contributed by atoms with Crippen molar-refractivity contribution in [2.75, 3.05) is 0 Å². The number of carbonyl (C=O) groups is 3. The highest BCUT2D eigenvalue weighted by Gasteiger charge is 2.67. The lowest BCUT2D eigenvalue weighted by molar-refractivity contribution is -0.178. The number of hydrogen-bond acceptors (Lipinski definition) is 4. The Bertz CT molecular complexity index is 734. The quantitative estimate of drug-likeness (QED) is 0.722. The lowest BCUT2D eigenvalue weighted by Crippen LogP contribution is -2.57. The number of rotatable bonds is 3. The molecule has 0 saturated heterocycles. The second kappa shape index (κ2) is 5.64. The Balaban J connectivity index is 1.72. The molecule has 0 aromatic rings. The molecule has 4 nitrogen and oxygen atoms in total. The van der Waals surface area contributed by atoms with Crippen LogP contribution in [0.5, 0.6) is 0 Å². The Morgan fingerprint density at radius 3 is 2.62 bits per heavy atom. The number of ether oxygens (including phenoxy) is 1. The fourth-order valence-electron chi connectivity index (χ4n) is 7.13. The Labute approximate surface area is 155 Å². The van der Waals surface area contributed by atoms with Gasteiger partial charge in [0.1, 0.15) is 0 Å². The zero-order chi connectivity index (χ0) is 18.7. The van der Waals surface area contributed by atoms with E-state index in [-0.39, 0.29) is 22.4 Å². The summed E-state index contributed by atoms with van der Waals surface area (Å²) in [5.74, 6) is 1.47. The fraction of sp³-hybridized carbons (Fsp3) is 0.682. The SMILES string of the molecule is CC(=O)[C@@]1(OC=O)CC[C@H]2[C@@H]3CCC4=CC(=O)C=C[C@]4(C)[C@H]3CC[C@@]21C. The van der Waals surface area contributed by atoms with Crippen LogP contribution < -0.4 is 0 Å². The summed E-state index contributed by atoms with van der Waals surface area (Å²) >= 11 is 0. The summed E-state index contributed by atoms with van der Waals surface area (Å²) in [6.45, 7) is 6.48. The van der Waals surface area contributed by atoms with Crippen molar-refractivity contribution in [2.45, 2.75) is 64.9 Å². The van der Waals surface area contributed by atoms with Crippen LogP contribution in [-0.4, -0.2) is 23.6 Å². The third-order valence-corrected chi connectivity index (χ3v) is 8.49. The highest BCUT2D eigenvalue weighted by atomic mass is 16.5. The summed E-state index contributed by atoms with van der Waals surface area (Å²) in [5.41, 5.74) is -0.0211. The lowest BCUT2D eigenvalue weighted by atomic mass is 9.47. The van der Waals surface area contributed by atoms with Crippen molar-refractivity contribution in [2.24, 2.45) is 28.6 Å². The Morgan fingerprint density at radius 1 is 1.19 bits per heavy atom. The molecule has 4 rings (SSSR count). The fourth-order valence-corrected chi connectivity index (χ4v) is 7.13. The minimum Gasteiger partial charge on any atom is -0.453 e. The first-order valence-corrected chi connectivity index (χ1v) is 9.85. The van der Waals surface area contributed by atoms with Gasteiger partial charge in [0, 0.05) is 10.8 Å². The zero-order valence-corrected chi connectivity index (χ0v) is 15.9. The maximum Gasteiger partial charge on any atom is 0.294 e. The molecule has 4 heteroatoms. The van der Waals surface area contributed by atoms with Gasteiger partial charge in [-0.15, -0.1) is 0 Å². The summed E-state index contributed by atoms with van der Waals surface area (Å²) in [7, 11) is 0. The molecule has 0 unspecified atom stereocenters. The zero-order valence-electron chi connectivity index (χ0n) is 15.9. The number of fused-ring (bicyclic) bond motifs is 5. The van der Waals surface area contributed by atoms with Crippen LogP contribution >= 0.6 is 0 Å². The predicted molar refractivity (Wildman–Crippen MR) is 97.2 cm³/mol. The first-order chi connectivity index (χ1) is 12.3. The van der Waals surface area contributed by atoms with Crippen molar-refractivity contribution in [3.05, 3.63) is 23.8 Å². The van der Waals surface area contributed by atoms with Gasteiger partial charge in [-0.1, -0.05) is 25.5 Å². The van der Waals surface area contributed by atoms with Gasteiger partial charge in [0.15, 0.2) is 17.2 Å². The van der Waals surface area contributed by atoms with Gasteiger partial charge in [0.05, 0.1) is 0 Å². The van der Waals surface area contributed by atoms with Crippen molar-refractivity contribution in [1.82, 2.24) is 0 Å². The molecule has 140 valence electrons. The van der Waals surface area contributed by atoms with Gasteiger partial charge < -0.3 is 4.74 Å². The molecule has 0 radical (unpaired) electrons. The Morgan fingerprint density at radius 2 is 1.92 bits per heavy atom. The molecule has 0 spiro atoms. The van der Waals surface area contributed by atoms with Crippen LogP contribution in [0, 0.1) is 28.6 Å². The van der Waals surface area contributed by atoms with E-state index in [9.17, 15) is 14.4 Å². The molecule has 0 aliphatic heterocycles. The van der Waals surface area contributed by atoms with Crippen LogP contribution in [0.2, 0.25) is 0 Å². The summed E-state index contributed by atoms with van der Waals surface area (Å²) in [4.78, 5) is 35.6. The Hall–Kier alpha value is -1.71. The first-order valence-electron chi connectivity index (χ1n) is 9.85. The van der Waals surface area contributed by atoms with E-state index >= 15 is 0 Å². The topological polar surface area (TPSA) is 60.4 Å². The first kappa shape index (κ1) is 17.7. The lowest BCUT2D eigenvalue weighted by Gasteiger charge is -2.58. The average Bonchev–Trinajstić information content (AvgIpc) is 2.90. The minimum absolute atomic E-state index is 0.0150. The molecule has 0 amide bonds. The number of allylic oxidation sites excluding steroid dienone is 4. The maximum atomic E-state index is 12.6. The van der Waals surface area contributed by atoms with Crippen molar-refractivity contribution in [1.29, 1.82) is 0 Å². The third kappa shape index (κ3) is 2.04. The van der Waals surface area contributed by atoms with Gasteiger partial charge in [-0.05, 0) is 75.4 Å². The van der Waals surface area contributed by atoms with Crippen LogP contribution in [0.25, 0.3) is 0 Å². The largest absolute Gasteiger partial charge is 0.453 e. The maximum absolute atomic E-state index is 12.6. The van der Waals surface area contributed by atoms with E-state index in [4.69, 9.17) is 4.74 Å². The monoisotopic (exact) mass is 356 g/mol. The third-order valence-electron chi connectivity index (χ3n) is 8.49. The van der Waals surface area contributed by atoms with E-state index in [0.29, 0.717) is 30.6 Å². The normalized spacial score (nSPS) is 46.7. The van der Waals surface area contributed by atoms with Crippen molar-refractivity contribution < 1.29 is 19.1 Å². The second-order valence-electron chi connectivity index (χ2n) is 9.20. The molecule has 0 bridgehead atoms. The van der Waals surface area contributed by atoms with E-state index in [0.717, 1.165) is 32.1 Å². The molecule has 26 heavy (non-hydrogen) atoms. The van der Waals surface area contributed by atoms with Crippen LogP contribution in [-0.2, 0) is 19.1 Å². The van der Waals surface area contributed by atoms with Crippen LogP contribution in [0.4, 0.5) is 0 Å². The van der Waals surface area contributed by atoms with Gasteiger partial charge >= 0.3 is 0 Å². The van der Waals surface area contributed by atoms with Gasteiger partial charge in [0.2, 0.25) is 0 Å². The van der Waals surface area contributed by atoms with E-state index in [2.05, 4.69) is 19.9 Å². The second-order valence-corrected chi connectivity index (χ2v) is 9.20. The highest BCUT2D eigenvalue weighted by Crippen LogP contribution is 2.67. The van der Waals surface area contributed by atoms with Crippen molar-refractivity contribution in [3.8, 4) is 0 Å². The summed E-state index contributed by atoms with van der Waals surface area (Å²) in [6.07, 6.45) is 11.2. The molecular formula is C22H28O4. The van der Waals surface area contributed by atoms with Gasteiger partial charge in [-0.2, -0.15) is 0 Å². The summed E-state index contributed by atoms with van der Waals surface area (Å²) in [5, 5.41) is 0. The molecule has 0 aromatic heterocycles. The summed E-state index contributed by atoms with van der Waals surface area (Å²) in [6, 6.07) is 0. The number of hydrogen-bond donors (Lipinski definition) is 0. The van der Waals surface area contributed by atoms with E-state index in [1.165, 1.54) is 5.57 Å². The van der Waals surface area contributed by atoms with Crippen LogP contribution in [0.3, 0.4) is 0 Å². The molecule has 3 fully saturated rings. The van der Waals surface area contributed by atoms with E-state index in [1.54, 1.807) is 13.0 Å². The average molecular weight is 356 g/mol. The minimum atomic E-state index is -0.959. The standard InChI is InChI=1S/C22H28O4/c1-14(24)22(26-13-23)11-8-19-17-5-4-15-12-16(25)6-9-20(15,2)18(17)7-10-21(19,22)3/h6,9,12-13,17-19H,4-5,7-8,10-11H2,1-3H3/t17-,18+,19+,20+,21+,22+/m1/s1. The predicted octanol–water partition coefficient (Wildman–Crippen LogP) is 3.80. The van der Waals surface area contributed by atoms with Crippen molar-refractivity contribution in [3.63, 3.8) is 0 Å². The number of Topliss-reactive ketones (excluding diaryl/α,β-unsaturated/α-hetero) is 1. The molecule has 0 aromatic carbocycles. The molecule has 6 atom stereocenters. The smallest absolute Gasteiger partial charge is 0.294 e. The number of ketones is 2. The molecule has 3 saturated carbocycles. The molecule has 0 heterocycles. The molecule has 4 aliphatic rings. The Kier molecular flexibility index (Phi) is 3.84. The van der Waals surface area contributed by atoms with E-state index in [1.807, 2.05) is 6.08 Å². The van der Waals surface area contributed by atoms with E-state index < -0.39 is 5.60 Å². The van der Waals surface area contributed by atoms with Gasteiger partial charge in [0.25, 0.3) is 6.47 Å². The molecule has 0 N–H and O–H groups in total. The van der Waals surface area contributed by atoms with Crippen LogP contribution in [0.15, 0.2) is 23.8 Å². The highest BCUT2D eigenvalue weighted by molar-refractivity contribution is 6.01. The summed E-state index contributed by atoms with van der Waals surface area (Å²) < 4.78 is 5.55. The number of carbonyl (C=O) groups excluding carboxylic acids is 3. The van der Waals surface area contributed by atoms with Crippen LogP contribution in [0.1, 0.15) is 59.3 Å². The van der Waals surface area contributed by atoms with Crippen molar-refractivity contribution >= 4 is 18.0 Å².